The number of nitrogens with one attached hydrogen (secondary N) is 1. The number of benzene rings is 2. The number of carbonyl (C=O) groups is 2. The highest BCUT2D eigenvalue weighted by atomic mass is 16.2. The first-order chi connectivity index (χ1) is 19.0. The molecule has 1 aliphatic carbocycles. The largest absolute Gasteiger partial charge is 0.383 e. The molecule has 2 amide bonds. The van der Waals surface area contributed by atoms with Gasteiger partial charge >= 0.3 is 0 Å². The molecular weight excluding hydrogens is 500 g/mol. The molecular formula is C32H36N6O2. The Labute approximate surface area is 234 Å². The Morgan fingerprint density at radius 2 is 1.70 bits per heavy atom. The summed E-state index contributed by atoms with van der Waals surface area (Å²) >= 11 is 0. The highest BCUT2D eigenvalue weighted by molar-refractivity contribution is 6.08. The molecule has 0 saturated heterocycles. The molecule has 0 spiro atoms. The summed E-state index contributed by atoms with van der Waals surface area (Å²) in [7, 11) is 3.83. The Morgan fingerprint density at radius 3 is 2.27 bits per heavy atom. The highest BCUT2D eigenvalue weighted by Gasteiger charge is 2.46. The molecule has 1 saturated carbocycles. The van der Waals surface area contributed by atoms with Crippen molar-refractivity contribution >= 4 is 34.4 Å². The van der Waals surface area contributed by atoms with E-state index >= 15 is 0 Å². The third-order valence-corrected chi connectivity index (χ3v) is 8.24. The predicted molar refractivity (Wildman–Crippen MR) is 161 cm³/mol. The number of aryl methyl sites for hydroxylation is 1. The summed E-state index contributed by atoms with van der Waals surface area (Å²) in [5.41, 5.74) is 12.7. The summed E-state index contributed by atoms with van der Waals surface area (Å²) in [6.45, 7) is 10.6. The van der Waals surface area contributed by atoms with E-state index in [-0.39, 0.29) is 17.2 Å². The van der Waals surface area contributed by atoms with Gasteiger partial charge in [-0.1, -0.05) is 44.7 Å². The lowest BCUT2D eigenvalue weighted by Crippen LogP contribution is -2.34. The van der Waals surface area contributed by atoms with Gasteiger partial charge in [0.05, 0.1) is 11.1 Å². The van der Waals surface area contributed by atoms with Crippen molar-refractivity contribution in [2.75, 3.05) is 24.6 Å². The number of amides is 2. The first-order valence-corrected chi connectivity index (χ1v) is 13.5. The molecule has 206 valence electrons. The Balaban J connectivity index is 1.52. The minimum atomic E-state index is -0.224. The maximum atomic E-state index is 13.3. The lowest BCUT2D eigenvalue weighted by Gasteiger charge is -2.27. The number of hydrogen-bond acceptors (Lipinski definition) is 5. The Morgan fingerprint density at radius 1 is 1.07 bits per heavy atom. The maximum absolute atomic E-state index is 13.3. The zero-order valence-corrected chi connectivity index (χ0v) is 23.8. The Bertz CT molecular complexity index is 1610. The van der Waals surface area contributed by atoms with Gasteiger partial charge in [0.15, 0.2) is 0 Å². The quantitative estimate of drug-likeness (QED) is 0.273. The molecule has 40 heavy (non-hydrogen) atoms. The molecule has 0 aliphatic heterocycles. The number of nitrogen functional groups attached to an aromatic ring is 1. The zero-order valence-electron chi connectivity index (χ0n) is 23.8. The van der Waals surface area contributed by atoms with E-state index in [0.717, 1.165) is 34.3 Å². The monoisotopic (exact) mass is 536 g/mol. The van der Waals surface area contributed by atoms with E-state index in [1.165, 1.54) is 19.2 Å². The van der Waals surface area contributed by atoms with Gasteiger partial charge in [0.25, 0.3) is 11.8 Å². The van der Waals surface area contributed by atoms with Crippen LogP contribution >= 0.6 is 0 Å². The summed E-state index contributed by atoms with van der Waals surface area (Å²) in [6.07, 6.45) is 3.81. The van der Waals surface area contributed by atoms with Crippen molar-refractivity contribution in [3.8, 4) is 22.4 Å². The van der Waals surface area contributed by atoms with E-state index in [1.807, 2.05) is 72.1 Å². The van der Waals surface area contributed by atoms with Crippen LogP contribution < -0.4 is 11.1 Å². The van der Waals surface area contributed by atoms with Crippen molar-refractivity contribution in [1.29, 1.82) is 0 Å². The fourth-order valence-electron chi connectivity index (χ4n) is 5.47. The summed E-state index contributed by atoms with van der Waals surface area (Å²) in [4.78, 5) is 36.0. The fraction of sp³-hybridized carbons (Fsp3) is 0.312. The summed E-state index contributed by atoms with van der Waals surface area (Å²) in [6, 6.07) is 15.3. The van der Waals surface area contributed by atoms with Crippen LogP contribution in [0.15, 0.2) is 67.0 Å². The maximum Gasteiger partial charge on any atom is 0.253 e. The van der Waals surface area contributed by atoms with Gasteiger partial charge in [-0.25, -0.2) is 9.97 Å². The number of nitrogens with zero attached hydrogens (tertiary/aromatic N) is 4. The summed E-state index contributed by atoms with van der Waals surface area (Å²) in [5.74, 6) is 0.735. The Hall–Kier alpha value is -4.46. The molecule has 4 aromatic rings. The van der Waals surface area contributed by atoms with Crippen molar-refractivity contribution in [2.24, 2.45) is 18.4 Å². The third kappa shape index (κ3) is 4.85. The third-order valence-electron chi connectivity index (χ3n) is 8.24. The lowest BCUT2D eigenvalue weighted by molar-refractivity contribution is -0.112. The van der Waals surface area contributed by atoms with E-state index in [0.29, 0.717) is 34.2 Å². The van der Waals surface area contributed by atoms with Gasteiger partial charge in [-0.2, -0.15) is 0 Å². The number of aromatic nitrogens is 3. The van der Waals surface area contributed by atoms with Crippen molar-refractivity contribution in [2.45, 2.75) is 33.6 Å². The van der Waals surface area contributed by atoms with Crippen LogP contribution in [0.2, 0.25) is 0 Å². The molecule has 8 nitrogen and oxygen atoms in total. The van der Waals surface area contributed by atoms with Crippen LogP contribution in [0.5, 0.6) is 0 Å². The van der Waals surface area contributed by atoms with Gasteiger partial charge in [-0.05, 0) is 66.5 Å². The van der Waals surface area contributed by atoms with Crippen LogP contribution in [0.25, 0.3) is 33.4 Å². The van der Waals surface area contributed by atoms with Gasteiger partial charge in [-0.15, -0.1) is 0 Å². The topological polar surface area (TPSA) is 106 Å². The first kappa shape index (κ1) is 27.1. The zero-order chi connectivity index (χ0) is 28.8. The molecule has 1 fully saturated rings. The number of carbonyl (C=O) groups excluding carboxylic acids is 2. The van der Waals surface area contributed by atoms with Crippen LogP contribution in [0.1, 0.15) is 44.0 Å². The molecule has 1 aliphatic rings. The van der Waals surface area contributed by atoms with Crippen molar-refractivity contribution < 1.29 is 9.59 Å². The van der Waals surface area contributed by atoms with Gasteiger partial charge in [-0.3, -0.25) is 9.59 Å². The average Bonchev–Trinajstić information content (AvgIpc) is 3.66. The molecule has 2 aromatic heterocycles. The van der Waals surface area contributed by atoms with Crippen LogP contribution in [0, 0.1) is 11.3 Å². The van der Waals surface area contributed by atoms with Gasteiger partial charge in [0.1, 0.15) is 17.8 Å². The number of anilines is 2. The van der Waals surface area contributed by atoms with Crippen molar-refractivity contribution in [1.82, 2.24) is 19.4 Å². The van der Waals surface area contributed by atoms with Crippen molar-refractivity contribution in [3.63, 3.8) is 0 Å². The molecule has 8 heteroatoms. The minimum Gasteiger partial charge on any atom is -0.383 e. The smallest absolute Gasteiger partial charge is 0.253 e. The molecule has 0 bridgehead atoms. The van der Waals surface area contributed by atoms with E-state index in [1.54, 1.807) is 6.92 Å². The summed E-state index contributed by atoms with van der Waals surface area (Å²) < 4.78 is 2.00. The normalized spacial score (nSPS) is 13.8. The van der Waals surface area contributed by atoms with Gasteiger partial charge in [0, 0.05) is 43.0 Å². The summed E-state index contributed by atoms with van der Waals surface area (Å²) in [5, 5.41) is 3.60. The Kier molecular flexibility index (Phi) is 6.96. The number of nitrogens with two attached hydrogens (primary N) is 1. The highest BCUT2D eigenvalue weighted by Crippen LogP contribution is 2.52. The van der Waals surface area contributed by atoms with Crippen LogP contribution in [-0.2, 0) is 11.8 Å². The van der Waals surface area contributed by atoms with E-state index < -0.39 is 0 Å². The number of fused-ring (bicyclic) bond motifs is 1. The van der Waals surface area contributed by atoms with E-state index in [4.69, 9.17) is 5.73 Å². The van der Waals surface area contributed by atoms with E-state index in [9.17, 15) is 9.59 Å². The number of rotatable bonds is 8. The van der Waals surface area contributed by atoms with E-state index in [2.05, 4.69) is 35.7 Å². The lowest BCUT2D eigenvalue weighted by atomic mass is 9.91. The average molecular weight is 537 g/mol. The molecule has 2 aromatic carbocycles. The molecule has 3 N–H and O–H groups in total. The molecule has 0 unspecified atom stereocenters. The molecule has 0 atom stereocenters. The van der Waals surface area contributed by atoms with Crippen LogP contribution in [0.3, 0.4) is 0 Å². The van der Waals surface area contributed by atoms with Gasteiger partial charge < -0.3 is 20.5 Å². The van der Waals surface area contributed by atoms with Crippen LogP contribution in [-0.4, -0.2) is 44.8 Å². The number of hydrogen-bond donors (Lipinski definition) is 2. The van der Waals surface area contributed by atoms with Crippen LogP contribution in [0.4, 0.5) is 11.5 Å². The second kappa shape index (κ2) is 10.3. The standard InChI is InChI=1S/C32H36N6O2/c1-19(2)30(39)36-24-13-11-22(12-14-24)27-25(26-28(33)34-18-35-29(26)38(27)6)21-7-9-23(10-8-21)31(40)37(5)17-32(15-16-32)20(3)4/h7-14,18,20H,1,15-17H2,2-6H3,(H,36,39)(H2,33,34,35). The SMILES string of the molecule is C=C(C)C(=O)Nc1ccc(-c2c(-c3ccc(C(=O)N(C)CC4(C(C)C)CC4)cc3)c3c(N)ncnc3n2C)cc1. The molecule has 5 rings (SSSR count). The minimum absolute atomic E-state index is 0.0202. The van der Waals surface area contributed by atoms with Gasteiger partial charge in [0.2, 0.25) is 0 Å². The first-order valence-electron chi connectivity index (χ1n) is 13.5. The second-order valence-electron chi connectivity index (χ2n) is 11.3. The fourth-order valence-corrected chi connectivity index (χ4v) is 5.47. The predicted octanol–water partition coefficient (Wildman–Crippen LogP) is 5.91. The molecule has 0 radical (unpaired) electrons. The molecule has 2 heterocycles. The van der Waals surface area contributed by atoms with Crippen molar-refractivity contribution in [3.05, 3.63) is 72.6 Å². The second-order valence-corrected chi connectivity index (χ2v) is 11.3.